The Morgan fingerprint density at radius 1 is 1.50 bits per heavy atom. The fraction of sp³-hybridized carbons (Fsp3) is 0.500. The second kappa shape index (κ2) is 5.50. The maximum Gasteiger partial charge on any atom is 0.272 e. The van der Waals surface area contributed by atoms with Crippen LogP contribution in [0.2, 0.25) is 5.15 Å². The van der Waals surface area contributed by atoms with Crippen molar-refractivity contribution in [3.05, 3.63) is 23.0 Å². The van der Waals surface area contributed by atoms with E-state index in [-0.39, 0.29) is 11.9 Å². The molecule has 1 aromatic heterocycles. The largest absolute Gasteiger partial charge is 0.347 e. The summed E-state index contributed by atoms with van der Waals surface area (Å²) in [6, 6.07) is 3.41. The molecule has 16 heavy (non-hydrogen) atoms. The van der Waals surface area contributed by atoms with Crippen LogP contribution >= 0.6 is 23.4 Å². The molecule has 4 nitrogen and oxygen atoms in total. The summed E-state index contributed by atoms with van der Waals surface area (Å²) in [6.45, 7) is 0. The van der Waals surface area contributed by atoms with E-state index in [1.807, 2.05) is 11.8 Å². The number of carbonyl (C=O) groups is 1. The predicted molar refractivity (Wildman–Crippen MR) is 64.9 cm³/mol. The van der Waals surface area contributed by atoms with Crippen LogP contribution in [0.25, 0.3) is 0 Å². The SMILES string of the molecule is O=C(NC1CCCSC1)c1ccc(Cl)nn1. The summed E-state index contributed by atoms with van der Waals surface area (Å²) < 4.78 is 0. The van der Waals surface area contributed by atoms with Crippen LogP contribution in [0, 0.1) is 0 Å². The van der Waals surface area contributed by atoms with Crippen molar-refractivity contribution in [3.63, 3.8) is 0 Å². The van der Waals surface area contributed by atoms with Crippen LogP contribution in [0.3, 0.4) is 0 Å². The van der Waals surface area contributed by atoms with Crippen molar-refractivity contribution in [3.8, 4) is 0 Å². The molecule has 1 saturated heterocycles. The van der Waals surface area contributed by atoms with E-state index in [2.05, 4.69) is 15.5 Å². The average Bonchev–Trinajstić information content (AvgIpc) is 2.31. The normalized spacial score (nSPS) is 20.4. The third-order valence-corrected chi connectivity index (χ3v) is 3.78. The van der Waals surface area contributed by atoms with Crippen LogP contribution in [-0.2, 0) is 0 Å². The minimum Gasteiger partial charge on any atom is -0.347 e. The van der Waals surface area contributed by atoms with Gasteiger partial charge in [0.1, 0.15) is 0 Å². The lowest BCUT2D eigenvalue weighted by Crippen LogP contribution is -2.38. The Kier molecular flexibility index (Phi) is 4.01. The molecule has 0 aliphatic carbocycles. The van der Waals surface area contributed by atoms with E-state index in [0.717, 1.165) is 18.6 Å². The van der Waals surface area contributed by atoms with Crippen LogP contribution in [0.4, 0.5) is 0 Å². The molecule has 1 unspecified atom stereocenters. The maximum absolute atomic E-state index is 11.8. The van der Waals surface area contributed by atoms with Gasteiger partial charge in [-0.05, 0) is 30.7 Å². The third kappa shape index (κ3) is 3.09. The van der Waals surface area contributed by atoms with Gasteiger partial charge in [-0.25, -0.2) is 0 Å². The van der Waals surface area contributed by atoms with E-state index in [1.165, 1.54) is 5.75 Å². The molecule has 1 aliphatic heterocycles. The van der Waals surface area contributed by atoms with Gasteiger partial charge in [-0.2, -0.15) is 11.8 Å². The highest BCUT2D eigenvalue weighted by Crippen LogP contribution is 2.17. The molecule has 0 saturated carbocycles. The van der Waals surface area contributed by atoms with E-state index >= 15 is 0 Å². The fourth-order valence-electron chi connectivity index (χ4n) is 1.55. The zero-order valence-corrected chi connectivity index (χ0v) is 10.2. The molecule has 1 aliphatic rings. The van der Waals surface area contributed by atoms with Crippen molar-refractivity contribution < 1.29 is 4.79 Å². The molecule has 1 aromatic rings. The number of nitrogens with zero attached hydrogens (tertiary/aromatic N) is 2. The number of carbonyl (C=O) groups excluding carboxylic acids is 1. The zero-order chi connectivity index (χ0) is 11.4. The van der Waals surface area contributed by atoms with E-state index in [9.17, 15) is 4.79 Å². The highest BCUT2D eigenvalue weighted by atomic mass is 35.5. The van der Waals surface area contributed by atoms with Crippen LogP contribution < -0.4 is 5.32 Å². The van der Waals surface area contributed by atoms with Gasteiger partial charge in [0.05, 0.1) is 0 Å². The summed E-state index contributed by atoms with van der Waals surface area (Å²) in [5, 5.41) is 10.6. The molecular formula is C10H12ClN3OS. The van der Waals surface area contributed by atoms with Gasteiger partial charge in [0.2, 0.25) is 0 Å². The first-order valence-corrected chi connectivity index (χ1v) is 6.67. The first-order chi connectivity index (χ1) is 7.75. The lowest BCUT2D eigenvalue weighted by molar-refractivity contribution is 0.0932. The Morgan fingerprint density at radius 2 is 2.38 bits per heavy atom. The van der Waals surface area contributed by atoms with Crippen LogP contribution in [-0.4, -0.2) is 33.7 Å². The average molecular weight is 258 g/mol. The molecule has 86 valence electrons. The summed E-state index contributed by atoms with van der Waals surface area (Å²) >= 11 is 7.47. The summed E-state index contributed by atoms with van der Waals surface area (Å²) in [5.41, 5.74) is 0.319. The van der Waals surface area contributed by atoms with Crippen LogP contribution in [0.1, 0.15) is 23.3 Å². The number of aromatic nitrogens is 2. The topological polar surface area (TPSA) is 54.9 Å². The van der Waals surface area contributed by atoms with Gasteiger partial charge < -0.3 is 5.32 Å². The molecule has 1 amide bonds. The molecule has 1 N–H and O–H groups in total. The molecule has 2 heterocycles. The maximum atomic E-state index is 11.8. The lowest BCUT2D eigenvalue weighted by atomic mass is 10.2. The molecule has 0 spiro atoms. The Balaban J connectivity index is 1.94. The molecule has 6 heteroatoms. The van der Waals surface area contributed by atoms with Gasteiger partial charge in [-0.3, -0.25) is 4.79 Å². The molecule has 1 atom stereocenters. The first kappa shape index (κ1) is 11.7. The van der Waals surface area contributed by atoms with Crippen molar-refractivity contribution in [2.75, 3.05) is 11.5 Å². The number of amides is 1. The van der Waals surface area contributed by atoms with Crippen molar-refractivity contribution in [1.29, 1.82) is 0 Å². The fourth-order valence-corrected chi connectivity index (χ4v) is 2.72. The van der Waals surface area contributed by atoms with E-state index in [0.29, 0.717) is 10.8 Å². The molecule has 0 aromatic carbocycles. The lowest BCUT2D eigenvalue weighted by Gasteiger charge is -2.22. The van der Waals surface area contributed by atoms with Crippen molar-refractivity contribution in [2.45, 2.75) is 18.9 Å². The second-order valence-corrected chi connectivity index (χ2v) is 5.17. The number of hydrogen-bond donors (Lipinski definition) is 1. The Bertz CT molecular complexity index is 365. The number of rotatable bonds is 2. The van der Waals surface area contributed by atoms with Gasteiger partial charge in [-0.1, -0.05) is 11.6 Å². The highest BCUT2D eigenvalue weighted by Gasteiger charge is 2.17. The van der Waals surface area contributed by atoms with Gasteiger partial charge in [0, 0.05) is 11.8 Å². The van der Waals surface area contributed by atoms with Gasteiger partial charge >= 0.3 is 0 Å². The zero-order valence-electron chi connectivity index (χ0n) is 8.65. The van der Waals surface area contributed by atoms with Crippen molar-refractivity contribution >= 4 is 29.3 Å². The number of hydrogen-bond acceptors (Lipinski definition) is 4. The van der Waals surface area contributed by atoms with E-state index in [1.54, 1.807) is 12.1 Å². The van der Waals surface area contributed by atoms with Crippen LogP contribution in [0.15, 0.2) is 12.1 Å². The Morgan fingerprint density at radius 3 is 3.00 bits per heavy atom. The summed E-state index contributed by atoms with van der Waals surface area (Å²) in [5.74, 6) is 2.00. The smallest absolute Gasteiger partial charge is 0.272 e. The highest BCUT2D eigenvalue weighted by molar-refractivity contribution is 7.99. The van der Waals surface area contributed by atoms with Gasteiger partial charge in [0.15, 0.2) is 10.8 Å². The Hall–Kier alpha value is -0.810. The predicted octanol–water partition coefficient (Wildman–Crippen LogP) is 1.76. The second-order valence-electron chi connectivity index (χ2n) is 3.63. The molecular weight excluding hydrogens is 246 g/mol. The van der Waals surface area contributed by atoms with E-state index in [4.69, 9.17) is 11.6 Å². The Labute approximate surface area is 103 Å². The third-order valence-electron chi connectivity index (χ3n) is 2.36. The molecule has 1 fully saturated rings. The van der Waals surface area contributed by atoms with Gasteiger partial charge in [-0.15, -0.1) is 10.2 Å². The quantitative estimate of drug-likeness (QED) is 0.877. The van der Waals surface area contributed by atoms with Crippen LogP contribution in [0.5, 0.6) is 0 Å². The summed E-state index contributed by atoms with van der Waals surface area (Å²) in [6.07, 6.45) is 2.20. The standard InChI is InChI=1S/C10H12ClN3OS/c11-9-4-3-8(13-14-9)10(15)12-7-2-1-5-16-6-7/h3-4,7H,1-2,5-6H2,(H,12,15). The monoisotopic (exact) mass is 257 g/mol. The first-order valence-electron chi connectivity index (χ1n) is 5.13. The molecule has 0 radical (unpaired) electrons. The molecule has 0 bridgehead atoms. The summed E-state index contributed by atoms with van der Waals surface area (Å²) in [7, 11) is 0. The number of thioether (sulfide) groups is 1. The summed E-state index contributed by atoms with van der Waals surface area (Å²) in [4.78, 5) is 11.8. The minimum absolute atomic E-state index is 0.170. The van der Waals surface area contributed by atoms with Crippen molar-refractivity contribution in [2.24, 2.45) is 0 Å². The van der Waals surface area contributed by atoms with Gasteiger partial charge in [0.25, 0.3) is 5.91 Å². The van der Waals surface area contributed by atoms with E-state index < -0.39 is 0 Å². The number of halogens is 1. The minimum atomic E-state index is -0.170. The molecule has 2 rings (SSSR count). The number of nitrogens with one attached hydrogen (secondary N) is 1. The van der Waals surface area contributed by atoms with Crippen molar-refractivity contribution in [1.82, 2.24) is 15.5 Å².